The minimum atomic E-state index is -0.166. The molecule has 6 rings (SSSR count). The summed E-state index contributed by atoms with van der Waals surface area (Å²) in [6.07, 6.45) is 13.1. The van der Waals surface area contributed by atoms with Crippen molar-refractivity contribution >= 4 is 5.76 Å². The van der Waals surface area contributed by atoms with E-state index in [0.717, 1.165) is 22.7 Å². The van der Waals surface area contributed by atoms with Gasteiger partial charge in [-0.2, -0.15) is 0 Å². The van der Waals surface area contributed by atoms with Gasteiger partial charge in [0.15, 0.2) is 5.76 Å². The molecule has 4 atom stereocenters. The molecule has 2 aromatic rings. The third-order valence-electron chi connectivity index (χ3n) is 7.54. The van der Waals surface area contributed by atoms with Crippen LogP contribution in [-0.2, 0) is 9.47 Å². The molecule has 0 radical (unpaired) electrons. The zero-order valence-electron chi connectivity index (χ0n) is 21.4. The Morgan fingerprint density at radius 2 is 1.92 bits per heavy atom. The highest BCUT2D eigenvalue weighted by atomic mass is 16.5. The standard InChI is InChI=1S/C31H32N2O3/c1-18-17-31(3,4)32-23-15-14-21-27-22(30(34-5)24-16-19(2)36-33-24)12-9-13-25(27)35-29(28(21)26(18)23)20-10-7-6-8-11-20/h6-17,23,26-27,29,32H,1-5H3. The van der Waals surface area contributed by atoms with Crippen molar-refractivity contribution in [3.05, 3.63) is 118 Å². The van der Waals surface area contributed by atoms with E-state index in [-0.39, 0.29) is 29.5 Å². The van der Waals surface area contributed by atoms with Gasteiger partial charge in [-0.15, -0.1) is 0 Å². The van der Waals surface area contributed by atoms with E-state index < -0.39 is 0 Å². The average Bonchev–Trinajstić information content (AvgIpc) is 3.29. The van der Waals surface area contributed by atoms with Crippen LogP contribution in [0, 0.1) is 18.8 Å². The van der Waals surface area contributed by atoms with E-state index in [1.54, 1.807) is 7.11 Å². The van der Waals surface area contributed by atoms with E-state index in [9.17, 15) is 0 Å². The number of rotatable bonds is 3. The molecule has 4 aliphatic rings. The highest BCUT2D eigenvalue weighted by Gasteiger charge is 2.46. The topological polar surface area (TPSA) is 56.5 Å². The van der Waals surface area contributed by atoms with Crippen LogP contribution < -0.4 is 5.32 Å². The van der Waals surface area contributed by atoms with Crippen LogP contribution in [0.15, 0.2) is 105 Å². The molecule has 0 bridgehead atoms. The van der Waals surface area contributed by atoms with Crippen LogP contribution in [0.2, 0.25) is 0 Å². The van der Waals surface area contributed by atoms with E-state index in [2.05, 4.69) is 92.0 Å². The lowest BCUT2D eigenvalue weighted by molar-refractivity contribution is 0.103. The van der Waals surface area contributed by atoms with Crippen LogP contribution in [0.25, 0.3) is 5.76 Å². The maximum Gasteiger partial charge on any atom is 0.152 e. The molecule has 3 heterocycles. The van der Waals surface area contributed by atoms with Crippen molar-refractivity contribution in [1.29, 1.82) is 0 Å². The van der Waals surface area contributed by atoms with Crippen LogP contribution in [0.3, 0.4) is 0 Å². The highest BCUT2D eigenvalue weighted by molar-refractivity contribution is 5.69. The van der Waals surface area contributed by atoms with Crippen molar-refractivity contribution in [2.75, 3.05) is 7.11 Å². The molecule has 2 aliphatic carbocycles. The Morgan fingerprint density at radius 1 is 1.11 bits per heavy atom. The smallest absolute Gasteiger partial charge is 0.152 e. The predicted octanol–water partition coefficient (Wildman–Crippen LogP) is 6.36. The van der Waals surface area contributed by atoms with Crippen molar-refractivity contribution in [2.24, 2.45) is 11.8 Å². The Labute approximate surface area is 212 Å². The van der Waals surface area contributed by atoms with Gasteiger partial charge >= 0.3 is 0 Å². The first-order valence-electron chi connectivity index (χ1n) is 12.6. The third-order valence-corrected chi connectivity index (χ3v) is 7.54. The summed E-state index contributed by atoms with van der Waals surface area (Å²) >= 11 is 0. The summed E-state index contributed by atoms with van der Waals surface area (Å²) in [5, 5.41) is 8.09. The van der Waals surface area contributed by atoms with E-state index in [4.69, 9.17) is 14.0 Å². The van der Waals surface area contributed by atoms with Gasteiger partial charge < -0.3 is 19.3 Å². The zero-order chi connectivity index (χ0) is 25.0. The SMILES string of the molecule is COC(=C1C=CC=C2OC(c3ccccc3)C3=C(C=CC4NC(C)(C)C=C(C)C34)C21)c1cc(C)on1. The van der Waals surface area contributed by atoms with Crippen molar-refractivity contribution in [3.63, 3.8) is 0 Å². The molecule has 4 unspecified atom stereocenters. The third kappa shape index (κ3) is 3.70. The van der Waals surface area contributed by atoms with Gasteiger partial charge in [0.25, 0.3) is 0 Å². The number of ether oxygens (including phenoxy) is 2. The molecule has 184 valence electrons. The summed E-state index contributed by atoms with van der Waals surface area (Å²) in [5.74, 6) is 2.49. The van der Waals surface area contributed by atoms with Crippen LogP contribution in [0.4, 0.5) is 0 Å². The maximum absolute atomic E-state index is 6.89. The Kier molecular flexibility index (Phi) is 5.41. The number of methoxy groups -OCH3 is 1. The van der Waals surface area contributed by atoms with Gasteiger partial charge in [-0.05, 0) is 50.5 Å². The van der Waals surface area contributed by atoms with Crippen LogP contribution in [0.5, 0.6) is 0 Å². The molecule has 0 amide bonds. The second kappa shape index (κ2) is 8.52. The molecule has 2 aliphatic heterocycles. The number of hydrogen-bond acceptors (Lipinski definition) is 5. The number of nitrogens with zero attached hydrogens (tertiary/aromatic N) is 1. The Morgan fingerprint density at radius 3 is 2.64 bits per heavy atom. The average molecular weight is 481 g/mol. The fourth-order valence-electron chi connectivity index (χ4n) is 6.30. The van der Waals surface area contributed by atoms with Gasteiger partial charge in [0.2, 0.25) is 0 Å². The summed E-state index contributed by atoms with van der Waals surface area (Å²) in [4.78, 5) is 0. The quantitative estimate of drug-likeness (QED) is 0.409. The lowest BCUT2D eigenvalue weighted by Crippen LogP contribution is -2.53. The molecule has 0 saturated heterocycles. The first kappa shape index (κ1) is 22.9. The lowest BCUT2D eigenvalue weighted by Gasteiger charge is -2.48. The number of allylic oxidation sites excluding steroid dienone is 5. The van der Waals surface area contributed by atoms with Crippen LogP contribution >= 0.6 is 0 Å². The number of aryl methyl sites for hydroxylation is 1. The van der Waals surface area contributed by atoms with Gasteiger partial charge in [-0.25, -0.2) is 0 Å². The second-order valence-corrected chi connectivity index (χ2v) is 10.6. The van der Waals surface area contributed by atoms with Gasteiger partial charge in [0.1, 0.15) is 23.3 Å². The summed E-state index contributed by atoms with van der Waals surface area (Å²) in [7, 11) is 1.69. The molecule has 5 nitrogen and oxygen atoms in total. The van der Waals surface area contributed by atoms with Gasteiger partial charge in [-0.1, -0.05) is 71.4 Å². The molecule has 0 spiro atoms. The van der Waals surface area contributed by atoms with Crippen molar-refractivity contribution in [3.8, 4) is 0 Å². The van der Waals surface area contributed by atoms with E-state index in [0.29, 0.717) is 11.5 Å². The highest BCUT2D eigenvalue weighted by Crippen LogP contribution is 2.53. The molecule has 5 heteroatoms. The zero-order valence-corrected chi connectivity index (χ0v) is 21.4. The summed E-state index contributed by atoms with van der Waals surface area (Å²) in [6.45, 7) is 8.61. The van der Waals surface area contributed by atoms with Crippen molar-refractivity contribution in [1.82, 2.24) is 10.5 Å². The number of aromatic nitrogens is 1. The van der Waals surface area contributed by atoms with Crippen molar-refractivity contribution in [2.45, 2.75) is 45.4 Å². The lowest BCUT2D eigenvalue weighted by atomic mass is 9.67. The molecular formula is C31H32N2O3. The van der Waals surface area contributed by atoms with Crippen LogP contribution in [-0.4, -0.2) is 23.8 Å². The predicted molar refractivity (Wildman–Crippen MR) is 141 cm³/mol. The van der Waals surface area contributed by atoms with E-state index >= 15 is 0 Å². The normalized spacial score (nSPS) is 29.4. The fourth-order valence-corrected chi connectivity index (χ4v) is 6.30. The number of fused-ring (bicyclic) bond motifs is 4. The van der Waals surface area contributed by atoms with E-state index in [1.165, 1.54) is 16.7 Å². The molecule has 0 saturated carbocycles. The first-order chi connectivity index (χ1) is 17.4. The van der Waals surface area contributed by atoms with Gasteiger partial charge in [0, 0.05) is 29.1 Å². The Hall–Kier alpha value is -3.57. The Bertz CT molecular complexity index is 1380. The van der Waals surface area contributed by atoms with Crippen LogP contribution in [0.1, 0.15) is 43.9 Å². The number of nitrogens with one attached hydrogen (secondary N) is 1. The Balaban J connectivity index is 1.58. The number of hydrogen-bond donors (Lipinski definition) is 1. The first-order valence-corrected chi connectivity index (χ1v) is 12.6. The molecule has 1 aromatic carbocycles. The molecule has 1 aromatic heterocycles. The molecule has 1 N–H and O–H groups in total. The van der Waals surface area contributed by atoms with Crippen molar-refractivity contribution < 1.29 is 14.0 Å². The van der Waals surface area contributed by atoms with Gasteiger partial charge in [0.05, 0.1) is 13.0 Å². The van der Waals surface area contributed by atoms with Gasteiger partial charge in [-0.3, -0.25) is 0 Å². The summed E-state index contributed by atoms with van der Waals surface area (Å²) in [6, 6.07) is 12.7. The summed E-state index contributed by atoms with van der Waals surface area (Å²) < 4.78 is 18.2. The molecule has 0 fully saturated rings. The largest absolute Gasteiger partial charge is 0.494 e. The summed E-state index contributed by atoms with van der Waals surface area (Å²) in [5.41, 5.74) is 6.76. The maximum atomic E-state index is 6.89. The fraction of sp³-hybridized carbons (Fsp3) is 0.323. The molecular weight excluding hydrogens is 448 g/mol. The van der Waals surface area contributed by atoms with E-state index in [1.807, 2.05) is 19.1 Å². The minimum Gasteiger partial charge on any atom is -0.494 e. The monoisotopic (exact) mass is 480 g/mol. The molecule has 36 heavy (non-hydrogen) atoms. The number of benzene rings is 1. The second-order valence-electron chi connectivity index (χ2n) is 10.6. The minimum absolute atomic E-state index is 0.0663.